The highest BCUT2D eigenvalue weighted by molar-refractivity contribution is 5.39. The number of benzene rings is 1. The molecule has 0 bridgehead atoms. The summed E-state index contributed by atoms with van der Waals surface area (Å²) in [5.74, 6) is -1.14. The van der Waals surface area contributed by atoms with Crippen molar-refractivity contribution in [2.75, 3.05) is 7.05 Å². The van der Waals surface area contributed by atoms with Crippen LogP contribution in [-0.2, 0) is 6.54 Å². The van der Waals surface area contributed by atoms with Crippen LogP contribution in [0.4, 0.5) is 14.5 Å². The zero-order chi connectivity index (χ0) is 12.3. The lowest BCUT2D eigenvalue weighted by Gasteiger charge is -2.06. The van der Waals surface area contributed by atoms with Gasteiger partial charge in [0, 0.05) is 36.2 Å². The minimum atomic E-state index is -0.571. The van der Waals surface area contributed by atoms with E-state index in [0.717, 1.165) is 11.6 Å². The van der Waals surface area contributed by atoms with Gasteiger partial charge in [-0.25, -0.2) is 8.78 Å². The molecule has 0 spiro atoms. The molecule has 17 heavy (non-hydrogen) atoms. The van der Waals surface area contributed by atoms with Crippen molar-refractivity contribution >= 4 is 5.69 Å². The number of hydrogen-bond donors (Lipinski definition) is 0. The summed E-state index contributed by atoms with van der Waals surface area (Å²) in [6.07, 6.45) is 3.41. The molecule has 0 aliphatic heterocycles. The molecule has 2 nitrogen and oxygen atoms in total. The number of anilines is 1. The molecule has 0 saturated heterocycles. The summed E-state index contributed by atoms with van der Waals surface area (Å²) >= 11 is 0. The molecule has 0 fully saturated rings. The van der Waals surface area contributed by atoms with Crippen LogP contribution in [0.15, 0.2) is 42.7 Å². The Balaban J connectivity index is 2.17. The summed E-state index contributed by atoms with van der Waals surface area (Å²) in [6.45, 7) is 0.552. The quantitative estimate of drug-likeness (QED) is 0.747. The maximum absolute atomic E-state index is 13.0. The minimum absolute atomic E-state index is 0.506. The second-order valence-corrected chi connectivity index (χ2v) is 3.84. The predicted octanol–water partition coefficient (Wildman–Crippen LogP) is 2.96. The van der Waals surface area contributed by atoms with Gasteiger partial charge in [0.05, 0.1) is 0 Å². The molecule has 0 aliphatic rings. The summed E-state index contributed by atoms with van der Waals surface area (Å²) < 4.78 is 26.1. The Morgan fingerprint density at radius 1 is 1.18 bits per heavy atom. The van der Waals surface area contributed by atoms with Crippen molar-refractivity contribution in [1.82, 2.24) is 9.88 Å². The zero-order valence-electron chi connectivity index (χ0n) is 9.40. The maximum Gasteiger partial charge on any atom is 0.186 e. The second-order valence-electron chi connectivity index (χ2n) is 3.84. The van der Waals surface area contributed by atoms with E-state index in [-0.39, 0.29) is 0 Å². The number of nitrogens with zero attached hydrogens (tertiary/aromatic N) is 2. The Morgan fingerprint density at radius 3 is 2.47 bits per heavy atom. The highest BCUT2D eigenvalue weighted by atomic mass is 19.1. The molecular formula is C13H12F2N2+. The first-order valence-corrected chi connectivity index (χ1v) is 5.21. The molecule has 87 valence electrons. The zero-order valence-corrected chi connectivity index (χ0v) is 9.40. The lowest BCUT2D eigenvalue weighted by atomic mass is 10.2. The lowest BCUT2D eigenvalue weighted by Crippen LogP contribution is -2.18. The van der Waals surface area contributed by atoms with E-state index in [4.69, 9.17) is 0 Å². The van der Waals surface area contributed by atoms with E-state index in [2.05, 4.69) is 4.98 Å². The normalized spacial score (nSPS) is 10.8. The largest absolute Gasteiger partial charge is 0.264 e. The monoisotopic (exact) mass is 234 g/mol. The maximum atomic E-state index is 13.0. The van der Waals surface area contributed by atoms with Crippen molar-refractivity contribution in [1.29, 1.82) is 0 Å². The molecule has 0 atom stereocenters. The van der Waals surface area contributed by atoms with Gasteiger partial charge in [-0.1, -0.05) is 6.07 Å². The molecule has 0 amide bonds. The van der Waals surface area contributed by atoms with Gasteiger partial charge in [0.1, 0.15) is 18.7 Å². The summed E-state index contributed by atoms with van der Waals surface area (Å²) in [5, 5.41) is 0. The average Bonchev–Trinajstić information content (AvgIpc) is 2.29. The second kappa shape index (κ2) is 5.01. The van der Waals surface area contributed by atoms with Crippen molar-refractivity contribution in [3.63, 3.8) is 0 Å². The van der Waals surface area contributed by atoms with Crippen LogP contribution in [0.5, 0.6) is 0 Å². The van der Waals surface area contributed by atoms with E-state index < -0.39 is 11.6 Å². The van der Waals surface area contributed by atoms with Crippen molar-refractivity contribution in [2.24, 2.45) is 0 Å². The molecule has 2 rings (SSSR count). The van der Waals surface area contributed by atoms with Crippen LogP contribution in [0, 0.1) is 11.6 Å². The van der Waals surface area contributed by atoms with E-state index in [1.54, 1.807) is 24.3 Å². The van der Waals surface area contributed by atoms with Gasteiger partial charge in [-0.2, -0.15) is 0 Å². The third kappa shape index (κ3) is 3.07. The van der Waals surface area contributed by atoms with E-state index in [1.807, 2.05) is 12.1 Å². The first kappa shape index (κ1) is 11.7. The van der Waals surface area contributed by atoms with Crippen molar-refractivity contribution in [3.8, 4) is 0 Å². The minimum Gasteiger partial charge on any atom is -0.264 e. The predicted molar refractivity (Wildman–Crippen MR) is 62.0 cm³/mol. The molecule has 1 aromatic carbocycles. The molecular weight excluding hydrogens is 222 g/mol. The van der Waals surface area contributed by atoms with Crippen molar-refractivity contribution in [3.05, 3.63) is 59.9 Å². The fourth-order valence-electron chi connectivity index (χ4n) is 1.62. The van der Waals surface area contributed by atoms with Crippen molar-refractivity contribution in [2.45, 2.75) is 6.54 Å². The van der Waals surface area contributed by atoms with E-state index in [9.17, 15) is 8.78 Å². The van der Waals surface area contributed by atoms with Gasteiger partial charge < -0.3 is 0 Å². The number of pyridine rings is 1. The van der Waals surface area contributed by atoms with Gasteiger partial charge in [0.25, 0.3) is 0 Å². The van der Waals surface area contributed by atoms with Gasteiger partial charge in [0.2, 0.25) is 0 Å². The summed E-state index contributed by atoms with van der Waals surface area (Å²) in [5.41, 5.74) is 1.49. The molecule has 4 heteroatoms. The van der Waals surface area contributed by atoms with E-state index >= 15 is 0 Å². The number of rotatable bonds is 3. The number of halogens is 2. The SMILES string of the molecule is C[N+](Cc1cccnc1)c1cc(F)cc(F)c1. The van der Waals surface area contributed by atoms with E-state index in [1.165, 1.54) is 12.1 Å². The Hall–Kier alpha value is -1.81. The Kier molecular flexibility index (Phi) is 3.44. The average molecular weight is 234 g/mol. The Morgan fingerprint density at radius 2 is 1.88 bits per heavy atom. The van der Waals surface area contributed by atoms with Crippen LogP contribution in [0.2, 0.25) is 0 Å². The van der Waals surface area contributed by atoms with Crippen LogP contribution >= 0.6 is 0 Å². The molecule has 0 saturated carbocycles. The van der Waals surface area contributed by atoms with Gasteiger partial charge in [0.15, 0.2) is 12.2 Å². The highest BCUT2D eigenvalue weighted by Gasteiger charge is 2.15. The van der Waals surface area contributed by atoms with Gasteiger partial charge in [-0.05, 0) is 6.07 Å². The fourth-order valence-corrected chi connectivity index (χ4v) is 1.62. The summed E-state index contributed by atoms with van der Waals surface area (Å²) in [4.78, 5) is 5.76. The van der Waals surface area contributed by atoms with Crippen LogP contribution in [0.1, 0.15) is 5.56 Å². The third-order valence-electron chi connectivity index (χ3n) is 2.43. The van der Waals surface area contributed by atoms with Gasteiger partial charge in [-0.15, -0.1) is 4.90 Å². The molecule has 1 heterocycles. The first-order valence-electron chi connectivity index (χ1n) is 5.21. The molecule has 1 aromatic heterocycles. The molecule has 0 N–H and O–H groups in total. The number of aromatic nitrogens is 1. The Labute approximate surface area is 98.5 Å². The molecule has 1 radical (unpaired) electrons. The first-order chi connectivity index (χ1) is 8.15. The van der Waals surface area contributed by atoms with Crippen LogP contribution < -0.4 is 4.90 Å². The third-order valence-corrected chi connectivity index (χ3v) is 2.43. The smallest absolute Gasteiger partial charge is 0.186 e. The van der Waals surface area contributed by atoms with Crippen molar-refractivity contribution < 1.29 is 8.78 Å². The summed E-state index contributed by atoms with van der Waals surface area (Å²) in [7, 11) is 1.78. The highest BCUT2D eigenvalue weighted by Crippen LogP contribution is 2.17. The van der Waals surface area contributed by atoms with Crippen LogP contribution in [-0.4, -0.2) is 12.0 Å². The fraction of sp³-hybridized carbons (Fsp3) is 0.154. The summed E-state index contributed by atoms with van der Waals surface area (Å²) in [6, 6.07) is 7.22. The Bertz CT molecular complexity index is 480. The lowest BCUT2D eigenvalue weighted by molar-refractivity contribution is 0.564. The topological polar surface area (TPSA) is 18.8 Å². The molecule has 0 aliphatic carbocycles. The van der Waals surface area contributed by atoms with Gasteiger partial charge >= 0.3 is 0 Å². The van der Waals surface area contributed by atoms with Crippen LogP contribution in [0.25, 0.3) is 0 Å². The van der Waals surface area contributed by atoms with E-state index in [0.29, 0.717) is 12.2 Å². The van der Waals surface area contributed by atoms with Crippen LogP contribution in [0.3, 0.4) is 0 Å². The number of hydrogen-bond acceptors (Lipinski definition) is 2. The molecule has 0 unspecified atom stereocenters. The molecule has 2 aromatic rings. The standard InChI is InChI=1S/C13H12F2N2/c1-17(9-10-3-2-4-16-8-10)13-6-11(14)5-12(15)7-13/h2-8H,9H2,1H3/q+1. The van der Waals surface area contributed by atoms with Gasteiger partial charge in [-0.3, -0.25) is 4.98 Å².